The van der Waals surface area contributed by atoms with Gasteiger partial charge in [-0.05, 0) is 78.7 Å². The summed E-state index contributed by atoms with van der Waals surface area (Å²) in [5.41, 5.74) is 3.73. The monoisotopic (exact) mass is 780 g/mol. The highest BCUT2D eigenvalue weighted by Gasteiger charge is 2.66. The molecule has 1 saturated heterocycles. The summed E-state index contributed by atoms with van der Waals surface area (Å²) < 4.78 is 9.26. The van der Waals surface area contributed by atoms with Crippen molar-refractivity contribution in [2.75, 3.05) is 11.5 Å². The zero-order chi connectivity index (χ0) is 36.5. The number of hydrogen-bond donors (Lipinski definition) is 3. The Morgan fingerprint density at radius 3 is 2.50 bits per heavy atom. The Kier molecular flexibility index (Phi) is 8.66. The van der Waals surface area contributed by atoms with Crippen LogP contribution in [0, 0.1) is 5.92 Å². The SMILES string of the molecule is C[C@@H]1[C@@H]([Si](C)(C)O)[C@H](CC(=O)N2Cc3ccccc3C[C@H]2CO)O[C@@]12C(=O)N(Cc1cccc(-n3[nH]c4ccccc4c3=O)c1)c1ccc(Br)cc12. The lowest BCUT2D eigenvalue weighted by Gasteiger charge is -2.37. The van der Waals surface area contributed by atoms with Gasteiger partial charge in [0.1, 0.15) is 0 Å². The van der Waals surface area contributed by atoms with E-state index in [2.05, 4.69) is 21.0 Å². The van der Waals surface area contributed by atoms with Crippen LogP contribution in [0.4, 0.5) is 5.69 Å². The van der Waals surface area contributed by atoms with E-state index in [1.807, 2.05) is 105 Å². The molecule has 0 radical (unpaired) electrons. The van der Waals surface area contributed by atoms with Crippen LogP contribution >= 0.6 is 15.9 Å². The molecule has 4 heterocycles. The average molecular weight is 782 g/mol. The summed E-state index contributed by atoms with van der Waals surface area (Å²) in [6, 6.07) is 28.2. The maximum atomic E-state index is 15.0. The van der Waals surface area contributed by atoms with Crippen LogP contribution in [0.2, 0.25) is 18.6 Å². The molecule has 12 heteroatoms. The second-order valence-corrected chi connectivity index (χ2v) is 19.8. The van der Waals surface area contributed by atoms with Gasteiger partial charge in [0.2, 0.25) is 5.91 Å². The fourth-order valence-electron chi connectivity index (χ4n) is 8.96. The van der Waals surface area contributed by atoms with Crippen molar-refractivity contribution in [3.63, 3.8) is 0 Å². The number of amides is 2. The molecule has 2 amide bonds. The highest BCUT2D eigenvalue weighted by atomic mass is 79.9. The summed E-state index contributed by atoms with van der Waals surface area (Å²) in [5.74, 6) is -0.874. The number of aliphatic hydroxyl groups excluding tert-OH is 1. The second-order valence-electron chi connectivity index (χ2n) is 14.9. The number of hydrogen-bond acceptors (Lipinski definition) is 6. The number of H-pyrrole nitrogens is 1. The van der Waals surface area contributed by atoms with Crippen LogP contribution in [0.1, 0.15) is 35.6 Å². The van der Waals surface area contributed by atoms with E-state index in [4.69, 9.17) is 4.74 Å². The highest BCUT2D eigenvalue weighted by Crippen LogP contribution is 2.60. The molecule has 3 aliphatic heterocycles. The summed E-state index contributed by atoms with van der Waals surface area (Å²) in [4.78, 5) is 57.7. The lowest BCUT2D eigenvalue weighted by Crippen LogP contribution is -2.48. The summed E-state index contributed by atoms with van der Waals surface area (Å²) in [6.45, 7) is 6.08. The molecule has 10 nitrogen and oxygen atoms in total. The summed E-state index contributed by atoms with van der Waals surface area (Å²) in [7, 11) is -3.03. The van der Waals surface area contributed by atoms with Gasteiger partial charge >= 0.3 is 0 Å². The van der Waals surface area contributed by atoms with E-state index in [1.165, 1.54) is 4.68 Å². The molecule has 1 aromatic heterocycles. The third-order valence-electron chi connectivity index (χ3n) is 11.3. The van der Waals surface area contributed by atoms with Crippen molar-refractivity contribution in [2.24, 2.45) is 5.92 Å². The summed E-state index contributed by atoms with van der Waals surface area (Å²) in [6.07, 6.45) is -0.193. The number of aromatic amines is 1. The smallest absolute Gasteiger partial charge is 0.279 e. The average Bonchev–Trinajstić information content (AvgIpc) is 3.70. The Balaban J connectivity index is 1.13. The molecule has 3 N–H and O–H groups in total. The first-order valence-electron chi connectivity index (χ1n) is 17.7. The molecular formula is C40H41BrN4O6Si. The molecule has 0 bridgehead atoms. The number of aromatic nitrogens is 2. The molecule has 1 spiro atoms. The van der Waals surface area contributed by atoms with Gasteiger partial charge in [0.05, 0.1) is 54.0 Å². The third-order valence-corrected chi connectivity index (χ3v) is 14.3. The number of rotatable bonds is 7. The minimum Gasteiger partial charge on any atom is -0.432 e. The Bertz CT molecular complexity index is 2280. The zero-order valence-electron chi connectivity index (χ0n) is 29.3. The highest BCUT2D eigenvalue weighted by molar-refractivity contribution is 9.10. The van der Waals surface area contributed by atoms with Crippen LogP contribution in [0.3, 0.4) is 0 Å². The van der Waals surface area contributed by atoms with Crippen molar-refractivity contribution in [1.29, 1.82) is 0 Å². The van der Waals surface area contributed by atoms with E-state index in [9.17, 15) is 19.5 Å². The van der Waals surface area contributed by atoms with Gasteiger partial charge in [-0.25, -0.2) is 4.68 Å². The molecule has 5 aromatic rings. The fraction of sp³-hybridized carbons (Fsp3) is 0.325. The van der Waals surface area contributed by atoms with E-state index in [1.54, 1.807) is 15.9 Å². The zero-order valence-corrected chi connectivity index (χ0v) is 31.8. The number of fused-ring (bicyclic) bond motifs is 4. The quantitative estimate of drug-likeness (QED) is 0.180. The Hall–Kier alpha value is -4.33. The molecule has 3 aliphatic rings. The number of nitrogens with one attached hydrogen (secondary N) is 1. The van der Waals surface area contributed by atoms with Crippen LogP contribution in [0.25, 0.3) is 16.6 Å². The van der Waals surface area contributed by atoms with Gasteiger partial charge in [-0.3, -0.25) is 19.5 Å². The standard InChI is InChI=1S/C40H41BrN4O6Si/c1-24-37(52(2,3)50)35(20-36(47)43-22-27-11-5-4-10-26(27)18-30(43)23-46)51-40(24)32-19-28(41)15-16-34(32)44(39(40)49)21-25-9-8-12-29(17-25)45-38(48)31-13-6-7-14-33(31)42-45/h4-17,19,24,30,35,37,42,46,50H,18,20-23H2,1-3H3/t24-,30+,35+,37-,40+/m1/s1. The lowest BCUT2D eigenvalue weighted by atomic mass is 9.82. The Labute approximate surface area is 310 Å². The minimum atomic E-state index is -3.03. The van der Waals surface area contributed by atoms with Crippen LogP contribution in [0.5, 0.6) is 0 Å². The second kappa shape index (κ2) is 13.0. The first-order valence-corrected chi connectivity index (χ1v) is 21.5. The van der Waals surface area contributed by atoms with Crippen LogP contribution in [-0.4, -0.2) is 63.5 Å². The largest absolute Gasteiger partial charge is 0.432 e. The normalized spacial score (nSPS) is 24.2. The van der Waals surface area contributed by atoms with E-state index < -0.39 is 31.5 Å². The molecule has 1 fully saturated rings. The molecule has 52 heavy (non-hydrogen) atoms. The maximum Gasteiger partial charge on any atom is 0.279 e. The van der Waals surface area contributed by atoms with Gasteiger partial charge < -0.3 is 24.4 Å². The molecule has 0 saturated carbocycles. The molecule has 0 aliphatic carbocycles. The van der Waals surface area contributed by atoms with Gasteiger partial charge in [-0.15, -0.1) is 0 Å². The van der Waals surface area contributed by atoms with Gasteiger partial charge in [0.25, 0.3) is 11.5 Å². The summed E-state index contributed by atoms with van der Waals surface area (Å²) >= 11 is 3.62. The number of anilines is 1. The molecule has 4 aromatic carbocycles. The van der Waals surface area contributed by atoms with Crippen molar-refractivity contribution in [1.82, 2.24) is 14.7 Å². The fourth-order valence-corrected chi connectivity index (χ4v) is 11.9. The van der Waals surface area contributed by atoms with E-state index in [-0.39, 0.29) is 43.0 Å². The number of para-hydroxylation sites is 1. The minimum absolute atomic E-state index is 0.0235. The number of nitrogens with zero attached hydrogens (tertiary/aromatic N) is 3. The van der Waals surface area contributed by atoms with E-state index in [0.717, 1.165) is 26.7 Å². The van der Waals surface area contributed by atoms with Crippen LogP contribution < -0.4 is 10.5 Å². The Morgan fingerprint density at radius 1 is 1.00 bits per heavy atom. The van der Waals surface area contributed by atoms with Gasteiger partial charge in [0, 0.05) is 28.0 Å². The van der Waals surface area contributed by atoms with Crippen molar-refractivity contribution in [3.05, 3.63) is 128 Å². The van der Waals surface area contributed by atoms with Crippen LogP contribution in [-0.2, 0) is 39.4 Å². The van der Waals surface area contributed by atoms with Gasteiger partial charge in [-0.2, -0.15) is 0 Å². The predicted octanol–water partition coefficient (Wildman–Crippen LogP) is 5.76. The van der Waals surface area contributed by atoms with Crippen molar-refractivity contribution in [2.45, 2.75) is 69.2 Å². The van der Waals surface area contributed by atoms with Crippen molar-refractivity contribution >= 4 is 52.7 Å². The number of carbonyl (C=O) groups is 2. The van der Waals surface area contributed by atoms with Crippen molar-refractivity contribution in [3.8, 4) is 5.69 Å². The molecule has 268 valence electrons. The van der Waals surface area contributed by atoms with E-state index >= 15 is 4.79 Å². The van der Waals surface area contributed by atoms with Gasteiger partial charge in [-0.1, -0.05) is 71.4 Å². The third kappa shape index (κ3) is 5.59. The number of ether oxygens (including phenoxy) is 1. The molecule has 5 atom stereocenters. The van der Waals surface area contributed by atoms with Gasteiger partial charge in [0.15, 0.2) is 13.9 Å². The summed E-state index contributed by atoms with van der Waals surface area (Å²) in [5, 5.41) is 14.1. The van der Waals surface area contributed by atoms with Crippen LogP contribution in [0.15, 0.2) is 100 Å². The number of carbonyl (C=O) groups excluding carboxylic acids is 2. The first kappa shape index (κ1) is 34.7. The maximum absolute atomic E-state index is 15.0. The predicted molar refractivity (Wildman–Crippen MR) is 205 cm³/mol. The first-order chi connectivity index (χ1) is 24.9. The lowest BCUT2D eigenvalue weighted by molar-refractivity contribution is -0.151. The molecular weight excluding hydrogens is 740 g/mol. The molecule has 0 unspecified atom stereocenters. The number of halogens is 1. The van der Waals surface area contributed by atoms with Crippen molar-refractivity contribution < 1.29 is 24.2 Å². The Morgan fingerprint density at radius 2 is 1.75 bits per heavy atom. The number of aliphatic hydroxyl groups is 1. The molecule has 8 rings (SSSR count). The number of benzene rings is 4. The topological polar surface area (TPSA) is 128 Å². The van der Waals surface area contributed by atoms with E-state index in [0.29, 0.717) is 35.3 Å².